The fraction of sp³-hybridized carbons (Fsp3) is 0.143. The molecule has 1 atom stereocenters. The monoisotopic (exact) mass is 219 g/mol. The van der Waals surface area contributed by atoms with E-state index in [9.17, 15) is 4.57 Å². The largest absolute Gasteiger partial charge is 0.542 e. The molecule has 0 aromatic heterocycles. The van der Waals surface area contributed by atoms with Crippen LogP contribution in [0.25, 0.3) is 0 Å². The maximum atomic E-state index is 9.99. The zero-order chi connectivity index (χ0) is 7.40. The Balaban J connectivity index is 0.000001000. The van der Waals surface area contributed by atoms with Gasteiger partial charge in [0, 0.05) is 19.5 Å². The molecule has 0 saturated heterocycles. The zero-order valence-electron chi connectivity index (χ0n) is 6.33. The zero-order valence-corrected chi connectivity index (χ0v) is 10.3. The van der Waals surface area contributed by atoms with E-state index in [2.05, 4.69) is 0 Å². The minimum Gasteiger partial charge on any atom is -0.256 e. The Morgan fingerprint density at radius 3 is 2.27 bits per heavy atom. The van der Waals surface area contributed by atoms with Crippen LogP contribution in [0.2, 0.25) is 0 Å². The Hall–Kier alpha value is -0.257. The summed E-state index contributed by atoms with van der Waals surface area (Å²) in [7, 11) is -0.718. The molecule has 4 heteroatoms. The summed E-state index contributed by atoms with van der Waals surface area (Å²) in [5, 5.41) is 0. The Morgan fingerprint density at radius 1 is 1.27 bits per heavy atom. The molecule has 1 aromatic carbocycles. The van der Waals surface area contributed by atoms with Crippen molar-refractivity contribution in [2.75, 3.05) is 0 Å². The quantitative estimate of drug-likeness (QED) is 0.565. The van der Waals surface area contributed by atoms with E-state index in [4.69, 9.17) is 4.52 Å². The molecule has 0 fully saturated rings. The molecule has 0 bridgehead atoms. The molecule has 0 heterocycles. The van der Waals surface area contributed by atoms with Gasteiger partial charge >= 0.3 is 8.69 Å². The average Bonchev–Trinajstić information content (AvgIpc) is 1.95. The molecular formula is C7H8O2PZn+. The van der Waals surface area contributed by atoms with Crippen LogP contribution in [0.5, 0.6) is 5.75 Å². The van der Waals surface area contributed by atoms with Gasteiger partial charge in [-0.25, -0.2) is 0 Å². The first-order chi connectivity index (χ1) is 4.83. The van der Waals surface area contributed by atoms with E-state index in [0.717, 1.165) is 0 Å². The van der Waals surface area contributed by atoms with Gasteiger partial charge in [-0.05, 0) is 23.6 Å². The van der Waals surface area contributed by atoms with Crippen LogP contribution in [0.3, 0.4) is 0 Å². The Bertz CT molecular complexity index is 222. The summed E-state index contributed by atoms with van der Waals surface area (Å²) in [6, 6.07) is 7.41. The van der Waals surface area contributed by atoms with Gasteiger partial charge in [0.25, 0.3) is 0 Å². The SMILES string of the molecule is Cc1ccc(O[PH+]=O)cc1.[Zn]. The fourth-order valence-electron chi connectivity index (χ4n) is 0.654. The van der Waals surface area contributed by atoms with E-state index >= 15 is 0 Å². The Morgan fingerprint density at radius 2 is 1.82 bits per heavy atom. The van der Waals surface area contributed by atoms with Crippen LogP contribution in [0.1, 0.15) is 5.56 Å². The molecular weight excluding hydrogens is 212 g/mol. The molecule has 54 valence electrons. The predicted molar refractivity (Wildman–Crippen MR) is 40.8 cm³/mol. The molecule has 11 heavy (non-hydrogen) atoms. The molecule has 1 rings (SSSR count). The number of hydrogen-bond acceptors (Lipinski definition) is 2. The second kappa shape index (κ2) is 5.40. The predicted octanol–water partition coefficient (Wildman–Crippen LogP) is 2.31. The summed E-state index contributed by atoms with van der Waals surface area (Å²) in [6.07, 6.45) is 0. The Kier molecular flexibility index (Phi) is 5.28. The molecule has 0 aliphatic carbocycles. The van der Waals surface area contributed by atoms with Gasteiger partial charge in [-0.15, -0.1) is 0 Å². The van der Waals surface area contributed by atoms with Crippen LogP contribution in [-0.2, 0) is 24.0 Å². The molecule has 0 amide bonds. The number of rotatable bonds is 2. The third-order valence-corrected chi connectivity index (χ3v) is 1.50. The second-order valence-corrected chi connectivity index (χ2v) is 2.37. The van der Waals surface area contributed by atoms with Gasteiger partial charge in [0.1, 0.15) is 0 Å². The third kappa shape index (κ3) is 3.60. The van der Waals surface area contributed by atoms with Crippen molar-refractivity contribution in [2.24, 2.45) is 0 Å². The summed E-state index contributed by atoms with van der Waals surface area (Å²) in [5.41, 5.74) is 1.17. The topological polar surface area (TPSA) is 26.3 Å². The van der Waals surface area contributed by atoms with Crippen molar-refractivity contribution >= 4 is 8.69 Å². The van der Waals surface area contributed by atoms with Crippen molar-refractivity contribution in [3.05, 3.63) is 29.8 Å². The minimum atomic E-state index is -0.718. The van der Waals surface area contributed by atoms with E-state index in [1.165, 1.54) is 5.56 Å². The van der Waals surface area contributed by atoms with Crippen molar-refractivity contribution in [2.45, 2.75) is 6.92 Å². The van der Waals surface area contributed by atoms with E-state index in [0.29, 0.717) is 5.75 Å². The van der Waals surface area contributed by atoms with E-state index < -0.39 is 8.69 Å². The van der Waals surface area contributed by atoms with E-state index in [1.54, 1.807) is 12.1 Å². The maximum Gasteiger partial charge on any atom is 0.542 e. The van der Waals surface area contributed by atoms with Crippen molar-refractivity contribution in [3.63, 3.8) is 0 Å². The van der Waals surface area contributed by atoms with Crippen LogP contribution in [0.4, 0.5) is 0 Å². The molecule has 0 aliphatic heterocycles. The van der Waals surface area contributed by atoms with Crippen LogP contribution in [-0.4, -0.2) is 0 Å². The summed E-state index contributed by atoms with van der Waals surface area (Å²) in [6.45, 7) is 1.99. The van der Waals surface area contributed by atoms with E-state index in [-0.39, 0.29) is 19.5 Å². The standard InChI is InChI=1S/C7H8O2P.Zn/c1-6-2-4-7(5-3-6)9-10-8;/h2-5,10H,1H3;/q+1;. The van der Waals surface area contributed by atoms with Crippen molar-refractivity contribution < 1.29 is 28.6 Å². The van der Waals surface area contributed by atoms with Gasteiger partial charge in [0.05, 0.1) is 0 Å². The smallest absolute Gasteiger partial charge is 0.256 e. The first-order valence-corrected chi connectivity index (χ1v) is 3.75. The molecule has 0 aliphatic rings. The van der Waals surface area contributed by atoms with Crippen molar-refractivity contribution in [1.29, 1.82) is 0 Å². The van der Waals surface area contributed by atoms with Gasteiger partial charge < -0.3 is 0 Å². The van der Waals surface area contributed by atoms with Crippen molar-refractivity contribution in [3.8, 4) is 5.75 Å². The number of benzene rings is 1. The van der Waals surface area contributed by atoms with Crippen LogP contribution >= 0.6 is 8.69 Å². The third-order valence-electron chi connectivity index (χ3n) is 1.18. The minimum absolute atomic E-state index is 0. The first kappa shape index (κ1) is 10.7. The van der Waals surface area contributed by atoms with E-state index in [1.807, 2.05) is 19.1 Å². The molecule has 1 aromatic rings. The van der Waals surface area contributed by atoms with Crippen LogP contribution in [0, 0.1) is 6.92 Å². The number of aryl methyl sites for hydroxylation is 1. The number of hydrogen-bond donors (Lipinski definition) is 0. The van der Waals surface area contributed by atoms with Gasteiger partial charge in [-0.2, -0.15) is 0 Å². The molecule has 2 nitrogen and oxygen atoms in total. The summed E-state index contributed by atoms with van der Waals surface area (Å²) in [5.74, 6) is 0.652. The molecule has 0 radical (unpaired) electrons. The molecule has 0 saturated carbocycles. The Labute approximate surface area is 80.0 Å². The molecule has 0 spiro atoms. The maximum absolute atomic E-state index is 9.99. The fourth-order valence-corrected chi connectivity index (χ4v) is 0.887. The van der Waals surface area contributed by atoms with Crippen LogP contribution in [0.15, 0.2) is 24.3 Å². The normalized spacial score (nSPS) is 8.82. The van der Waals surface area contributed by atoms with Gasteiger partial charge in [-0.3, -0.25) is 4.52 Å². The summed E-state index contributed by atoms with van der Waals surface area (Å²) < 4.78 is 14.7. The summed E-state index contributed by atoms with van der Waals surface area (Å²) >= 11 is 0. The summed E-state index contributed by atoms with van der Waals surface area (Å²) in [4.78, 5) is 0. The molecule has 0 N–H and O–H groups in total. The molecule has 1 unspecified atom stereocenters. The van der Waals surface area contributed by atoms with Gasteiger partial charge in [0.2, 0.25) is 0 Å². The van der Waals surface area contributed by atoms with Crippen molar-refractivity contribution in [1.82, 2.24) is 0 Å². The first-order valence-electron chi connectivity index (χ1n) is 2.93. The van der Waals surface area contributed by atoms with Gasteiger partial charge in [0.15, 0.2) is 5.75 Å². The second-order valence-electron chi connectivity index (χ2n) is 2.00. The average molecular weight is 221 g/mol. The van der Waals surface area contributed by atoms with Crippen LogP contribution < -0.4 is 4.52 Å². The van der Waals surface area contributed by atoms with Gasteiger partial charge in [-0.1, -0.05) is 17.7 Å².